The molecule has 0 radical (unpaired) electrons. The highest BCUT2D eigenvalue weighted by molar-refractivity contribution is 5.88. The predicted octanol–water partition coefficient (Wildman–Crippen LogP) is 11.4. The summed E-state index contributed by atoms with van der Waals surface area (Å²) in [6.07, 6.45) is 7.74. The fourth-order valence-electron chi connectivity index (χ4n) is 10.4. The average molecular weight is 671 g/mol. The molecular formula is C48H38N4. The van der Waals surface area contributed by atoms with Crippen LogP contribution in [0.5, 0.6) is 0 Å². The summed E-state index contributed by atoms with van der Waals surface area (Å²) < 4.78 is 0. The van der Waals surface area contributed by atoms with E-state index in [9.17, 15) is 5.26 Å². The Labute approximate surface area is 304 Å². The topological polar surface area (TPSA) is 62.5 Å². The van der Waals surface area contributed by atoms with Gasteiger partial charge in [0.2, 0.25) is 0 Å². The summed E-state index contributed by atoms with van der Waals surface area (Å²) in [6.45, 7) is 0. The van der Waals surface area contributed by atoms with Gasteiger partial charge in [0.25, 0.3) is 0 Å². The van der Waals surface area contributed by atoms with Crippen LogP contribution in [0.3, 0.4) is 0 Å². The van der Waals surface area contributed by atoms with Gasteiger partial charge in [0.15, 0.2) is 17.5 Å². The molecule has 0 aliphatic heterocycles. The van der Waals surface area contributed by atoms with Gasteiger partial charge in [0.1, 0.15) is 0 Å². The number of rotatable bonds is 6. The van der Waals surface area contributed by atoms with Crippen LogP contribution in [0.1, 0.15) is 55.2 Å². The number of nitriles is 1. The Balaban J connectivity index is 0.963. The van der Waals surface area contributed by atoms with Gasteiger partial charge >= 0.3 is 0 Å². The lowest BCUT2D eigenvalue weighted by molar-refractivity contribution is -0.0281. The minimum atomic E-state index is 0.196. The van der Waals surface area contributed by atoms with Crippen molar-refractivity contribution in [2.24, 2.45) is 11.8 Å². The second-order valence-electron chi connectivity index (χ2n) is 15.6. The lowest BCUT2D eigenvalue weighted by Gasteiger charge is -2.63. The molecule has 11 rings (SSSR count). The standard InChI is InChI=1S/C48H38N4/c49-30-32-11-12-36-13-14-40(25-41(36)24-32)35-15-19-42(20-16-35)47-26-33-23-34(27-47)29-48(28-33,31-47)43-21-17-39(18-22-43)46-51-44(37-7-3-1-4-8-37)50-45(52-46)38-9-5-2-6-10-38/h1-22,24-25,33-34H,23,26-29,31H2. The minimum Gasteiger partial charge on any atom is -0.208 e. The molecule has 4 heteroatoms. The zero-order valence-electron chi connectivity index (χ0n) is 29.0. The van der Waals surface area contributed by atoms with E-state index in [-0.39, 0.29) is 10.8 Å². The zero-order chi connectivity index (χ0) is 34.7. The van der Waals surface area contributed by atoms with Crippen LogP contribution in [0.25, 0.3) is 56.1 Å². The van der Waals surface area contributed by atoms with Crippen molar-refractivity contribution in [3.63, 3.8) is 0 Å². The van der Waals surface area contributed by atoms with Gasteiger partial charge in [0.05, 0.1) is 11.6 Å². The predicted molar refractivity (Wildman–Crippen MR) is 208 cm³/mol. The van der Waals surface area contributed by atoms with Gasteiger partial charge in [-0.15, -0.1) is 0 Å². The molecule has 4 fully saturated rings. The van der Waals surface area contributed by atoms with Crippen molar-refractivity contribution >= 4 is 10.8 Å². The second kappa shape index (κ2) is 12.1. The molecule has 52 heavy (non-hydrogen) atoms. The van der Waals surface area contributed by atoms with Gasteiger partial charge in [-0.05, 0) is 112 Å². The summed E-state index contributed by atoms with van der Waals surface area (Å²) in [5.41, 5.74) is 9.51. The first kappa shape index (κ1) is 30.9. The fraction of sp³-hybridized carbons (Fsp3) is 0.208. The lowest BCUT2D eigenvalue weighted by Crippen LogP contribution is -2.55. The van der Waals surface area contributed by atoms with Gasteiger partial charge in [-0.1, -0.05) is 127 Å². The van der Waals surface area contributed by atoms with E-state index in [1.165, 1.54) is 60.8 Å². The summed E-state index contributed by atoms with van der Waals surface area (Å²) >= 11 is 0. The molecule has 4 bridgehead atoms. The SMILES string of the molecule is N#Cc1ccc2ccc(-c3ccc(C45CC6CC(C4)CC(c4ccc(-c7nc(-c8ccccc8)nc(-c8ccccc8)n7)cc4)(C6)C5)cc3)cc2c1. The van der Waals surface area contributed by atoms with Crippen LogP contribution in [0.15, 0.2) is 146 Å². The van der Waals surface area contributed by atoms with Crippen LogP contribution < -0.4 is 0 Å². The van der Waals surface area contributed by atoms with Gasteiger partial charge in [-0.3, -0.25) is 0 Å². The summed E-state index contributed by atoms with van der Waals surface area (Å²) in [5.74, 6) is 3.62. The van der Waals surface area contributed by atoms with E-state index in [2.05, 4.69) is 97.1 Å². The zero-order valence-corrected chi connectivity index (χ0v) is 29.0. The van der Waals surface area contributed by atoms with Gasteiger partial charge in [-0.25, -0.2) is 15.0 Å². The summed E-state index contributed by atoms with van der Waals surface area (Å²) in [6, 6.07) is 53.9. The lowest BCUT2D eigenvalue weighted by atomic mass is 9.41. The monoisotopic (exact) mass is 670 g/mol. The first-order valence-corrected chi connectivity index (χ1v) is 18.6. The van der Waals surface area contributed by atoms with E-state index in [4.69, 9.17) is 15.0 Å². The highest BCUT2D eigenvalue weighted by Gasteiger charge is 2.58. The largest absolute Gasteiger partial charge is 0.208 e. The third-order valence-electron chi connectivity index (χ3n) is 12.3. The van der Waals surface area contributed by atoms with E-state index >= 15 is 0 Å². The summed E-state index contributed by atoms with van der Waals surface area (Å²) in [7, 11) is 0. The molecule has 1 aromatic heterocycles. The second-order valence-corrected chi connectivity index (χ2v) is 15.6. The number of hydrogen-bond donors (Lipinski definition) is 0. The van der Waals surface area contributed by atoms with Crippen LogP contribution in [0.2, 0.25) is 0 Å². The Kier molecular flexibility index (Phi) is 7.18. The maximum Gasteiger partial charge on any atom is 0.164 e. The van der Waals surface area contributed by atoms with E-state index in [0.717, 1.165) is 39.3 Å². The molecule has 4 nitrogen and oxygen atoms in total. The summed E-state index contributed by atoms with van der Waals surface area (Å²) in [5, 5.41) is 11.7. The normalized spacial score (nSPS) is 23.1. The quantitative estimate of drug-likeness (QED) is 0.177. The van der Waals surface area contributed by atoms with E-state index in [1.807, 2.05) is 54.6 Å². The third kappa shape index (κ3) is 5.31. The minimum absolute atomic E-state index is 0.196. The first-order chi connectivity index (χ1) is 25.5. The number of hydrogen-bond acceptors (Lipinski definition) is 4. The van der Waals surface area contributed by atoms with E-state index < -0.39 is 0 Å². The molecule has 1 heterocycles. The molecule has 4 aliphatic rings. The van der Waals surface area contributed by atoms with Crippen LogP contribution in [0.4, 0.5) is 0 Å². The highest BCUT2D eigenvalue weighted by atomic mass is 15.0. The Morgan fingerprint density at radius 3 is 1.44 bits per heavy atom. The van der Waals surface area contributed by atoms with E-state index in [1.54, 1.807) is 0 Å². The van der Waals surface area contributed by atoms with Gasteiger partial charge in [0, 0.05) is 16.7 Å². The molecule has 4 saturated carbocycles. The average Bonchev–Trinajstić information content (AvgIpc) is 3.20. The Morgan fingerprint density at radius 2 is 0.923 bits per heavy atom. The van der Waals surface area contributed by atoms with Crippen LogP contribution in [-0.4, -0.2) is 15.0 Å². The number of aromatic nitrogens is 3. The molecular weight excluding hydrogens is 633 g/mol. The molecule has 0 saturated heterocycles. The van der Waals surface area contributed by atoms with Crippen molar-refractivity contribution in [2.45, 2.75) is 49.4 Å². The number of fused-ring (bicyclic) bond motifs is 1. The molecule has 2 unspecified atom stereocenters. The van der Waals surface area contributed by atoms with Gasteiger partial charge in [-0.2, -0.15) is 5.26 Å². The van der Waals surface area contributed by atoms with Crippen LogP contribution in [-0.2, 0) is 10.8 Å². The molecule has 4 aliphatic carbocycles. The van der Waals surface area contributed by atoms with Crippen molar-refractivity contribution in [1.29, 1.82) is 5.26 Å². The molecule has 250 valence electrons. The highest BCUT2D eigenvalue weighted by Crippen LogP contribution is 2.66. The van der Waals surface area contributed by atoms with Crippen molar-refractivity contribution in [3.8, 4) is 51.4 Å². The molecule has 7 aromatic rings. The summed E-state index contributed by atoms with van der Waals surface area (Å²) in [4.78, 5) is 14.9. The molecule has 6 aromatic carbocycles. The van der Waals surface area contributed by atoms with Crippen molar-refractivity contribution in [3.05, 3.63) is 162 Å². The smallest absolute Gasteiger partial charge is 0.164 e. The number of benzene rings is 6. The van der Waals surface area contributed by atoms with Crippen molar-refractivity contribution in [1.82, 2.24) is 15.0 Å². The molecule has 0 N–H and O–H groups in total. The third-order valence-corrected chi connectivity index (χ3v) is 12.3. The van der Waals surface area contributed by atoms with Crippen LogP contribution >= 0.6 is 0 Å². The van der Waals surface area contributed by atoms with E-state index in [0.29, 0.717) is 23.0 Å². The van der Waals surface area contributed by atoms with Crippen molar-refractivity contribution in [2.75, 3.05) is 0 Å². The Bertz CT molecular complexity index is 2410. The Morgan fingerprint density at radius 1 is 0.462 bits per heavy atom. The maximum atomic E-state index is 9.41. The number of nitrogens with zero attached hydrogens (tertiary/aromatic N) is 4. The van der Waals surface area contributed by atoms with Crippen LogP contribution in [0, 0.1) is 23.2 Å². The molecule has 2 atom stereocenters. The first-order valence-electron chi connectivity index (χ1n) is 18.6. The van der Waals surface area contributed by atoms with Gasteiger partial charge < -0.3 is 0 Å². The molecule has 0 spiro atoms. The van der Waals surface area contributed by atoms with Crippen molar-refractivity contribution < 1.29 is 0 Å². The Hall–Kier alpha value is -5.92. The fourth-order valence-corrected chi connectivity index (χ4v) is 10.4. The maximum absolute atomic E-state index is 9.41. The molecule has 0 amide bonds.